The normalized spacial score (nSPS) is 18.4. The molecule has 0 N–H and O–H groups in total. The van der Waals surface area contributed by atoms with E-state index < -0.39 is 11.7 Å². The maximum absolute atomic E-state index is 13.4. The molecule has 0 spiro atoms. The van der Waals surface area contributed by atoms with Crippen LogP contribution in [-0.4, -0.2) is 68.0 Å². The third-order valence-electron chi connectivity index (χ3n) is 6.77. The topological polar surface area (TPSA) is 66.6 Å². The lowest BCUT2D eigenvalue weighted by Gasteiger charge is -2.36. The zero-order valence-electron chi connectivity index (χ0n) is 18.3. The summed E-state index contributed by atoms with van der Waals surface area (Å²) in [5.74, 6) is -0.153. The molecule has 0 bridgehead atoms. The van der Waals surface area contributed by atoms with Gasteiger partial charge in [0.1, 0.15) is 5.69 Å². The molecule has 10 heteroatoms. The minimum atomic E-state index is -4.45. The standard InChI is InChI=1S/C23H25F3N6O/c1-15-13-19(16-5-4-6-17(14-16)23(24,25)26)21-27-28-29-32(21)20(15)22(33)31-11-7-18(8-12-31)30-9-2-3-10-30/h4-6,13-14,18H,2-3,7-12H2,1H3. The van der Waals surface area contributed by atoms with Crippen LogP contribution in [0.15, 0.2) is 30.3 Å². The Labute approximate surface area is 189 Å². The van der Waals surface area contributed by atoms with Crippen molar-refractivity contribution in [1.82, 2.24) is 29.8 Å². The van der Waals surface area contributed by atoms with Gasteiger partial charge in [-0.15, -0.1) is 5.10 Å². The second-order valence-electron chi connectivity index (χ2n) is 8.85. The van der Waals surface area contributed by atoms with Crippen molar-refractivity contribution in [3.63, 3.8) is 0 Å². The summed E-state index contributed by atoms with van der Waals surface area (Å²) in [5.41, 5.74) is 1.28. The van der Waals surface area contributed by atoms with Gasteiger partial charge in [-0.3, -0.25) is 4.79 Å². The molecule has 4 heterocycles. The van der Waals surface area contributed by atoms with Crippen molar-refractivity contribution in [2.75, 3.05) is 26.2 Å². The maximum Gasteiger partial charge on any atom is 0.416 e. The van der Waals surface area contributed by atoms with Crippen molar-refractivity contribution < 1.29 is 18.0 Å². The largest absolute Gasteiger partial charge is 0.416 e. The van der Waals surface area contributed by atoms with Crippen molar-refractivity contribution in [2.24, 2.45) is 0 Å². The van der Waals surface area contributed by atoms with Gasteiger partial charge in [0, 0.05) is 24.7 Å². The van der Waals surface area contributed by atoms with Gasteiger partial charge in [0.05, 0.1) is 5.56 Å². The lowest BCUT2D eigenvalue weighted by Crippen LogP contribution is -2.46. The number of halogens is 3. The highest BCUT2D eigenvalue weighted by Crippen LogP contribution is 2.34. The second-order valence-corrected chi connectivity index (χ2v) is 8.85. The van der Waals surface area contributed by atoms with E-state index in [0.717, 1.165) is 38.1 Å². The first-order valence-electron chi connectivity index (χ1n) is 11.3. The van der Waals surface area contributed by atoms with Crippen LogP contribution in [0, 0.1) is 6.92 Å². The average molecular weight is 458 g/mol. The third-order valence-corrected chi connectivity index (χ3v) is 6.77. The van der Waals surface area contributed by atoms with Gasteiger partial charge in [0.15, 0.2) is 5.65 Å². The predicted octanol–water partition coefficient (Wildman–Crippen LogP) is 3.82. The molecule has 2 aromatic heterocycles. The van der Waals surface area contributed by atoms with E-state index in [2.05, 4.69) is 20.4 Å². The van der Waals surface area contributed by atoms with Gasteiger partial charge in [0.2, 0.25) is 0 Å². The highest BCUT2D eigenvalue weighted by molar-refractivity contribution is 5.96. The molecule has 1 amide bonds. The Morgan fingerprint density at radius 2 is 1.79 bits per heavy atom. The third kappa shape index (κ3) is 4.07. The van der Waals surface area contributed by atoms with Crippen molar-refractivity contribution in [3.05, 3.63) is 47.2 Å². The molecule has 0 unspecified atom stereocenters. The molecule has 1 aromatic carbocycles. The van der Waals surface area contributed by atoms with Crippen molar-refractivity contribution in [1.29, 1.82) is 0 Å². The number of carbonyl (C=O) groups is 1. The summed E-state index contributed by atoms with van der Waals surface area (Å²) in [6.07, 6.45) is -0.0935. The van der Waals surface area contributed by atoms with E-state index in [1.54, 1.807) is 19.1 Å². The summed E-state index contributed by atoms with van der Waals surface area (Å²) < 4.78 is 41.0. The van der Waals surface area contributed by atoms with Gasteiger partial charge < -0.3 is 9.80 Å². The summed E-state index contributed by atoms with van der Waals surface area (Å²) in [6.45, 7) is 5.37. The van der Waals surface area contributed by atoms with Crippen LogP contribution >= 0.6 is 0 Å². The summed E-state index contributed by atoms with van der Waals surface area (Å²) in [6, 6.07) is 7.27. The van der Waals surface area contributed by atoms with Crippen LogP contribution in [0.1, 0.15) is 47.3 Å². The molecular weight excluding hydrogens is 433 g/mol. The number of amides is 1. The molecule has 0 radical (unpaired) electrons. The number of pyridine rings is 1. The Morgan fingerprint density at radius 3 is 2.48 bits per heavy atom. The van der Waals surface area contributed by atoms with Gasteiger partial charge in [-0.25, -0.2) is 0 Å². The van der Waals surface area contributed by atoms with E-state index in [1.807, 2.05) is 4.90 Å². The Kier molecular flexibility index (Phi) is 5.55. The number of tetrazole rings is 1. The Hall–Kier alpha value is -3.01. The fourth-order valence-corrected chi connectivity index (χ4v) is 5.05. The number of hydrogen-bond acceptors (Lipinski definition) is 5. The van der Waals surface area contributed by atoms with Crippen LogP contribution < -0.4 is 0 Å². The first-order valence-corrected chi connectivity index (χ1v) is 11.3. The molecule has 2 aliphatic rings. The summed E-state index contributed by atoms with van der Waals surface area (Å²) >= 11 is 0. The number of fused-ring (bicyclic) bond motifs is 1. The highest BCUT2D eigenvalue weighted by Gasteiger charge is 2.32. The number of nitrogens with zero attached hydrogens (tertiary/aromatic N) is 6. The van der Waals surface area contributed by atoms with Gasteiger partial charge in [-0.05, 0) is 85.4 Å². The molecule has 33 heavy (non-hydrogen) atoms. The Balaban J connectivity index is 1.45. The fourth-order valence-electron chi connectivity index (χ4n) is 5.05. The maximum atomic E-state index is 13.4. The second kappa shape index (κ2) is 8.40. The number of rotatable bonds is 3. The first-order chi connectivity index (χ1) is 15.8. The van der Waals surface area contributed by atoms with Crippen LogP contribution in [-0.2, 0) is 6.18 Å². The number of benzene rings is 1. The van der Waals surface area contributed by atoms with E-state index in [9.17, 15) is 18.0 Å². The fraction of sp³-hybridized carbons (Fsp3) is 0.478. The number of carbonyl (C=O) groups excluding carboxylic acids is 1. The van der Waals surface area contributed by atoms with Gasteiger partial charge >= 0.3 is 6.18 Å². The molecule has 5 rings (SSSR count). The van der Waals surface area contributed by atoms with Gasteiger partial charge in [-0.1, -0.05) is 12.1 Å². The minimum Gasteiger partial charge on any atom is -0.337 e. The summed E-state index contributed by atoms with van der Waals surface area (Å²) in [5, 5.41) is 11.7. The lowest BCUT2D eigenvalue weighted by atomic mass is 10.00. The Morgan fingerprint density at radius 1 is 1.06 bits per heavy atom. The monoisotopic (exact) mass is 458 g/mol. The zero-order valence-corrected chi connectivity index (χ0v) is 18.3. The van der Waals surface area contributed by atoms with Crippen LogP contribution in [0.25, 0.3) is 16.8 Å². The van der Waals surface area contributed by atoms with Gasteiger partial charge in [-0.2, -0.15) is 17.7 Å². The quantitative estimate of drug-likeness (QED) is 0.597. The van der Waals surface area contributed by atoms with Crippen molar-refractivity contribution in [2.45, 2.75) is 44.8 Å². The van der Waals surface area contributed by atoms with Crippen LogP contribution in [0.2, 0.25) is 0 Å². The molecule has 0 atom stereocenters. The van der Waals surface area contributed by atoms with E-state index in [4.69, 9.17) is 0 Å². The van der Waals surface area contributed by atoms with Crippen molar-refractivity contribution >= 4 is 11.6 Å². The number of piperidine rings is 1. The van der Waals surface area contributed by atoms with Gasteiger partial charge in [0.25, 0.3) is 5.91 Å². The molecular formula is C23H25F3N6O. The smallest absolute Gasteiger partial charge is 0.337 e. The van der Waals surface area contributed by atoms with Crippen molar-refractivity contribution in [3.8, 4) is 11.1 Å². The number of alkyl halides is 3. The summed E-state index contributed by atoms with van der Waals surface area (Å²) in [7, 11) is 0. The SMILES string of the molecule is Cc1cc(-c2cccc(C(F)(F)F)c2)c2nnnn2c1C(=O)N1CCC(N2CCCC2)CC1. The number of likely N-dealkylation sites (tertiary alicyclic amines) is 2. The van der Waals surface area contributed by atoms with E-state index in [-0.39, 0.29) is 11.6 Å². The highest BCUT2D eigenvalue weighted by atomic mass is 19.4. The molecule has 0 aliphatic carbocycles. The lowest BCUT2D eigenvalue weighted by molar-refractivity contribution is -0.137. The van der Waals surface area contributed by atoms with E-state index in [0.29, 0.717) is 41.5 Å². The zero-order chi connectivity index (χ0) is 23.2. The molecule has 3 aromatic rings. The van der Waals surface area contributed by atoms with E-state index >= 15 is 0 Å². The first kappa shape index (κ1) is 21.8. The van der Waals surface area contributed by atoms with Crippen LogP contribution in [0.3, 0.4) is 0 Å². The number of aromatic nitrogens is 4. The molecule has 7 nitrogen and oxygen atoms in total. The van der Waals surface area contributed by atoms with E-state index in [1.165, 1.54) is 23.4 Å². The molecule has 2 saturated heterocycles. The Bertz CT molecular complexity index is 1180. The predicted molar refractivity (Wildman–Crippen MR) is 116 cm³/mol. The average Bonchev–Trinajstić information content (AvgIpc) is 3.50. The molecule has 2 fully saturated rings. The minimum absolute atomic E-state index is 0.153. The number of aryl methyl sites for hydroxylation is 1. The molecule has 174 valence electrons. The molecule has 2 aliphatic heterocycles. The number of hydrogen-bond donors (Lipinski definition) is 0. The summed E-state index contributed by atoms with van der Waals surface area (Å²) in [4.78, 5) is 17.8. The van der Waals surface area contributed by atoms with Crippen LogP contribution in [0.4, 0.5) is 13.2 Å². The van der Waals surface area contributed by atoms with Crippen LogP contribution in [0.5, 0.6) is 0 Å². The molecule has 0 saturated carbocycles.